The predicted octanol–water partition coefficient (Wildman–Crippen LogP) is 2.71. The Labute approximate surface area is 132 Å². The van der Waals surface area contributed by atoms with Crippen LogP contribution in [0, 0.1) is 5.82 Å². The highest BCUT2D eigenvalue weighted by Gasteiger charge is 2.20. The zero-order valence-corrected chi connectivity index (χ0v) is 12.2. The minimum absolute atomic E-state index is 0.264. The Balaban J connectivity index is 1.54. The molecule has 0 bridgehead atoms. The fraction of sp³-hybridized carbons (Fsp3) is 0.125. The Kier molecular flexibility index (Phi) is 4.60. The molecule has 1 heterocycles. The predicted molar refractivity (Wildman–Crippen MR) is 83.9 cm³/mol. The molecule has 0 unspecified atom stereocenters. The van der Waals surface area contributed by atoms with Gasteiger partial charge in [0.25, 0.3) is 0 Å². The van der Waals surface area contributed by atoms with Crippen molar-refractivity contribution in [2.75, 3.05) is 11.9 Å². The maximum Gasteiger partial charge on any atom is 0.348 e. The van der Waals surface area contributed by atoms with E-state index in [2.05, 4.69) is 15.9 Å². The average Bonchev–Trinajstić information content (AvgIpc) is 2.97. The Morgan fingerprint density at radius 2 is 1.96 bits per heavy atom. The first-order chi connectivity index (χ1) is 11.2. The van der Waals surface area contributed by atoms with E-state index in [1.807, 2.05) is 18.2 Å². The number of carbonyl (C=O) groups excluding carboxylic acids is 1. The van der Waals surface area contributed by atoms with E-state index in [0.717, 1.165) is 5.56 Å². The number of amides is 2. The number of hydrogen-bond donors (Lipinski definition) is 2. The van der Waals surface area contributed by atoms with Gasteiger partial charge in [-0.05, 0) is 29.8 Å². The molecule has 23 heavy (non-hydrogen) atoms. The van der Waals surface area contributed by atoms with Gasteiger partial charge in [0.2, 0.25) is 5.90 Å². The molecule has 6 nitrogen and oxygen atoms in total. The Morgan fingerprint density at radius 1 is 1.22 bits per heavy atom. The molecule has 3 rings (SSSR count). The molecule has 118 valence electrons. The second-order valence-electron chi connectivity index (χ2n) is 4.98. The standard InChI is InChI=1S/C16H15FN4O2/c17-13-8-6-12(7-9-13)10-21-11-15(23-20-21)19-16(22)18-14-4-2-1-3-5-14/h1-9,20H,10-11H2,(H,18,22). The summed E-state index contributed by atoms with van der Waals surface area (Å²) in [5.41, 5.74) is 4.25. The number of hydrazine groups is 1. The number of nitrogens with zero attached hydrogens (tertiary/aromatic N) is 2. The third-order valence-electron chi connectivity index (χ3n) is 3.16. The molecule has 0 aromatic heterocycles. The van der Waals surface area contributed by atoms with Gasteiger partial charge in [-0.15, -0.1) is 0 Å². The van der Waals surface area contributed by atoms with Crippen LogP contribution in [-0.2, 0) is 11.4 Å². The van der Waals surface area contributed by atoms with Gasteiger partial charge in [0, 0.05) is 12.2 Å². The second kappa shape index (κ2) is 6.99. The normalized spacial score (nSPS) is 16.3. The van der Waals surface area contributed by atoms with Gasteiger partial charge in [0.1, 0.15) is 5.82 Å². The van der Waals surface area contributed by atoms with E-state index in [1.54, 1.807) is 29.3 Å². The largest absolute Gasteiger partial charge is 0.376 e. The van der Waals surface area contributed by atoms with Gasteiger partial charge in [0.05, 0.1) is 6.54 Å². The molecule has 1 fully saturated rings. The topological polar surface area (TPSA) is 66.0 Å². The zero-order valence-electron chi connectivity index (χ0n) is 12.2. The van der Waals surface area contributed by atoms with Crippen molar-refractivity contribution in [3.8, 4) is 0 Å². The van der Waals surface area contributed by atoms with Crippen molar-refractivity contribution in [2.24, 2.45) is 4.99 Å². The van der Waals surface area contributed by atoms with Crippen LogP contribution < -0.4 is 10.9 Å². The van der Waals surface area contributed by atoms with Crippen LogP contribution in [0.3, 0.4) is 0 Å². The summed E-state index contributed by atoms with van der Waals surface area (Å²) in [5, 5.41) is 4.37. The van der Waals surface area contributed by atoms with E-state index in [1.165, 1.54) is 12.1 Å². The maximum atomic E-state index is 12.9. The molecule has 7 heteroatoms. The third-order valence-corrected chi connectivity index (χ3v) is 3.16. The highest BCUT2D eigenvalue weighted by molar-refractivity contribution is 5.98. The quantitative estimate of drug-likeness (QED) is 0.914. The van der Waals surface area contributed by atoms with Crippen molar-refractivity contribution in [1.29, 1.82) is 0 Å². The summed E-state index contributed by atoms with van der Waals surface area (Å²) in [7, 11) is 0. The maximum absolute atomic E-state index is 12.9. The van der Waals surface area contributed by atoms with Gasteiger partial charge < -0.3 is 10.2 Å². The lowest BCUT2D eigenvalue weighted by atomic mass is 10.2. The molecule has 1 aliphatic heterocycles. The van der Waals surface area contributed by atoms with Crippen molar-refractivity contribution >= 4 is 17.6 Å². The molecular weight excluding hydrogens is 299 g/mol. The van der Waals surface area contributed by atoms with E-state index < -0.39 is 6.03 Å². The fourth-order valence-electron chi connectivity index (χ4n) is 2.09. The monoisotopic (exact) mass is 314 g/mol. The van der Waals surface area contributed by atoms with Crippen LogP contribution in [0.5, 0.6) is 0 Å². The van der Waals surface area contributed by atoms with E-state index in [-0.39, 0.29) is 11.7 Å². The van der Waals surface area contributed by atoms with E-state index in [9.17, 15) is 9.18 Å². The molecule has 1 aliphatic rings. The number of anilines is 1. The SMILES string of the molecule is O=C(N=C1CN(Cc2ccc(F)cc2)NO1)Nc1ccccc1. The molecular formula is C16H15FN4O2. The van der Waals surface area contributed by atoms with E-state index >= 15 is 0 Å². The molecule has 2 aromatic rings. The van der Waals surface area contributed by atoms with Crippen LogP contribution >= 0.6 is 0 Å². The summed E-state index contributed by atoms with van der Waals surface area (Å²) in [6, 6.07) is 14.7. The van der Waals surface area contributed by atoms with Crippen molar-refractivity contribution in [3.05, 3.63) is 66.0 Å². The first-order valence-corrected chi connectivity index (χ1v) is 7.04. The van der Waals surface area contributed by atoms with Crippen LogP contribution in [-0.4, -0.2) is 23.5 Å². The van der Waals surface area contributed by atoms with Gasteiger partial charge in [-0.1, -0.05) is 35.9 Å². The van der Waals surface area contributed by atoms with Crippen LogP contribution in [0.1, 0.15) is 5.56 Å². The first kappa shape index (κ1) is 15.1. The van der Waals surface area contributed by atoms with Gasteiger partial charge >= 0.3 is 6.03 Å². The van der Waals surface area contributed by atoms with Crippen LogP contribution in [0.15, 0.2) is 59.6 Å². The summed E-state index contributed by atoms with van der Waals surface area (Å²) < 4.78 is 12.9. The van der Waals surface area contributed by atoms with E-state index in [0.29, 0.717) is 18.8 Å². The highest BCUT2D eigenvalue weighted by Crippen LogP contribution is 2.09. The van der Waals surface area contributed by atoms with Crippen molar-refractivity contribution in [2.45, 2.75) is 6.54 Å². The van der Waals surface area contributed by atoms with Gasteiger partial charge in [-0.3, -0.25) is 0 Å². The molecule has 1 saturated heterocycles. The van der Waals surface area contributed by atoms with Gasteiger partial charge in [-0.25, -0.2) is 9.18 Å². The Hall–Kier alpha value is -2.77. The lowest BCUT2D eigenvalue weighted by Crippen LogP contribution is -2.29. The molecule has 0 atom stereocenters. The number of nitrogens with one attached hydrogen (secondary N) is 2. The smallest absolute Gasteiger partial charge is 0.348 e. The molecule has 0 saturated carbocycles. The molecule has 2 amide bonds. The minimum Gasteiger partial charge on any atom is -0.376 e. The molecule has 0 spiro atoms. The molecule has 2 N–H and O–H groups in total. The number of urea groups is 1. The number of halogens is 1. The number of carbonyl (C=O) groups is 1. The first-order valence-electron chi connectivity index (χ1n) is 7.04. The number of aliphatic imine (C=N–C) groups is 1. The van der Waals surface area contributed by atoms with E-state index in [4.69, 9.17) is 4.84 Å². The lowest BCUT2D eigenvalue weighted by Gasteiger charge is -2.11. The minimum atomic E-state index is -0.503. The summed E-state index contributed by atoms with van der Waals surface area (Å²) >= 11 is 0. The Bertz CT molecular complexity index is 704. The molecule has 0 radical (unpaired) electrons. The summed E-state index contributed by atoms with van der Waals surface area (Å²) in [5.74, 6) is -0.0141. The fourth-order valence-corrected chi connectivity index (χ4v) is 2.09. The highest BCUT2D eigenvalue weighted by atomic mass is 19.1. The summed E-state index contributed by atoms with van der Waals surface area (Å²) in [6.07, 6.45) is 0. The van der Waals surface area contributed by atoms with Gasteiger partial charge in [-0.2, -0.15) is 10.0 Å². The lowest BCUT2D eigenvalue weighted by molar-refractivity contribution is 0.0496. The zero-order chi connectivity index (χ0) is 16.1. The third kappa shape index (κ3) is 4.35. The summed E-state index contributed by atoms with van der Waals surface area (Å²) in [6.45, 7) is 0.833. The van der Waals surface area contributed by atoms with Crippen LogP contribution in [0.25, 0.3) is 0 Å². The van der Waals surface area contributed by atoms with Crippen LogP contribution in [0.4, 0.5) is 14.9 Å². The van der Waals surface area contributed by atoms with Gasteiger partial charge in [0.15, 0.2) is 0 Å². The van der Waals surface area contributed by atoms with Crippen LogP contribution in [0.2, 0.25) is 0 Å². The number of para-hydroxylation sites is 1. The second-order valence-corrected chi connectivity index (χ2v) is 4.98. The average molecular weight is 314 g/mol. The molecule has 2 aromatic carbocycles. The summed E-state index contributed by atoms with van der Waals surface area (Å²) in [4.78, 5) is 20.8. The number of benzene rings is 2. The number of hydrogen-bond acceptors (Lipinski definition) is 4. The number of rotatable bonds is 3. The molecule has 0 aliphatic carbocycles. The van der Waals surface area contributed by atoms with Crippen molar-refractivity contribution in [3.63, 3.8) is 0 Å². The van der Waals surface area contributed by atoms with Crippen molar-refractivity contribution < 1.29 is 14.0 Å². The van der Waals surface area contributed by atoms with Crippen molar-refractivity contribution in [1.82, 2.24) is 10.6 Å². The Morgan fingerprint density at radius 3 is 2.70 bits per heavy atom.